The number of ether oxygens (including phenoxy) is 1. The number of nitro groups is 3. The Kier molecular flexibility index (Phi) is 4.32. The number of hydrogen-bond donors (Lipinski definition) is 0. The van der Waals surface area contributed by atoms with Gasteiger partial charge in [-0.3, -0.25) is 30.3 Å². The van der Waals surface area contributed by atoms with Crippen LogP contribution in [0, 0.1) is 30.3 Å². The van der Waals surface area contributed by atoms with E-state index in [9.17, 15) is 30.3 Å². The first-order chi connectivity index (χ1) is 8.79. The van der Waals surface area contributed by atoms with E-state index in [4.69, 9.17) is 4.74 Å². The number of nitrogens with zero attached hydrogens (tertiary/aromatic N) is 3. The van der Waals surface area contributed by atoms with Gasteiger partial charge in [-0.15, -0.1) is 0 Å². The van der Waals surface area contributed by atoms with Gasteiger partial charge in [-0.1, -0.05) is 0 Å². The van der Waals surface area contributed by atoms with Crippen LogP contribution in [0.25, 0.3) is 0 Å². The van der Waals surface area contributed by atoms with Crippen molar-refractivity contribution in [2.45, 2.75) is 6.17 Å². The van der Waals surface area contributed by atoms with Crippen molar-refractivity contribution in [2.24, 2.45) is 0 Å². The van der Waals surface area contributed by atoms with Gasteiger partial charge in [0.15, 0.2) is 0 Å². The van der Waals surface area contributed by atoms with Crippen LogP contribution in [0.4, 0.5) is 5.69 Å². The Morgan fingerprint density at radius 1 is 1.16 bits per heavy atom. The second-order valence-corrected chi connectivity index (χ2v) is 4.11. The van der Waals surface area contributed by atoms with Crippen molar-refractivity contribution in [3.8, 4) is 5.75 Å². The molecule has 102 valence electrons. The van der Waals surface area contributed by atoms with Crippen molar-refractivity contribution in [1.82, 2.24) is 0 Å². The topological polar surface area (TPSA) is 139 Å². The first kappa shape index (κ1) is 14.8. The Labute approximate surface area is 113 Å². The predicted molar refractivity (Wildman–Crippen MR) is 64.1 cm³/mol. The molecule has 0 aromatic heterocycles. The van der Waals surface area contributed by atoms with Crippen LogP contribution in [0.15, 0.2) is 16.6 Å². The van der Waals surface area contributed by atoms with E-state index < -0.39 is 32.2 Å². The summed E-state index contributed by atoms with van der Waals surface area (Å²) in [4.78, 5) is 29.0. The maximum atomic E-state index is 10.8. The molecule has 0 heterocycles. The predicted octanol–water partition coefficient (Wildman–Crippen LogP) is 1.92. The highest BCUT2D eigenvalue weighted by Gasteiger charge is 2.37. The highest BCUT2D eigenvalue weighted by atomic mass is 79.9. The van der Waals surface area contributed by atoms with E-state index in [2.05, 4.69) is 15.9 Å². The lowest BCUT2D eigenvalue weighted by Gasteiger charge is -2.07. The van der Waals surface area contributed by atoms with Crippen LogP contribution >= 0.6 is 15.9 Å². The highest BCUT2D eigenvalue weighted by Crippen LogP contribution is 2.38. The Morgan fingerprint density at radius 3 is 2.05 bits per heavy atom. The summed E-state index contributed by atoms with van der Waals surface area (Å²) >= 11 is 2.92. The molecular weight excluding hydrogens is 330 g/mol. The molecule has 1 aromatic rings. The zero-order chi connectivity index (χ0) is 14.7. The lowest BCUT2D eigenvalue weighted by atomic mass is 10.1. The third-order valence-corrected chi connectivity index (χ3v) is 2.73. The zero-order valence-electron chi connectivity index (χ0n) is 9.31. The molecule has 0 bridgehead atoms. The summed E-state index contributed by atoms with van der Waals surface area (Å²) in [5.41, 5.74) is -1.02. The number of hydrogen-bond acceptors (Lipinski definition) is 7. The van der Waals surface area contributed by atoms with E-state index in [0.29, 0.717) is 0 Å². The number of halogens is 1. The molecule has 0 atom stereocenters. The Morgan fingerprint density at radius 2 is 1.68 bits per heavy atom. The summed E-state index contributed by atoms with van der Waals surface area (Å²) < 4.78 is 4.79. The number of rotatable bonds is 5. The first-order valence-corrected chi connectivity index (χ1v) is 5.37. The molecule has 0 aliphatic carbocycles. The minimum absolute atomic E-state index is 0.0212. The van der Waals surface area contributed by atoms with E-state index in [0.717, 1.165) is 12.1 Å². The first-order valence-electron chi connectivity index (χ1n) is 4.58. The van der Waals surface area contributed by atoms with Crippen LogP contribution in [0.3, 0.4) is 0 Å². The molecule has 0 aliphatic rings. The van der Waals surface area contributed by atoms with Gasteiger partial charge >= 0.3 is 11.9 Å². The SMILES string of the molecule is COc1c(Br)cc(C([N+](=O)[O-])[N+](=O)[O-])cc1[N+](=O)[O-]. The molecule has 19 heavy (non-hydrogen) atoms. The van der Waals surface area contributed by atoms with Crippen LogP contribution in [-0.4, -0.2) is 21.9 Å². The van der Waals surface area contributed by atoms with E-state index in [-0.39, 0.29) is 10.2 Å². The van der Waals surface area contributed by atoms with E-state index in [1.165, 1.54) is 7.11 Å². The van der Waals surface area contributed by atoms with Gasteiger partial charge in [0.25, 0.3) is 0 Å². The van der Waals surface area contributed by atoms with Crippen molar-refractivity contribution >= 4 is 21.6 Å². The summed E-state index contributed by atoms with van der Waals surface area (Å²) in [6, 6.07) is 1.79. The van der Waals surface area contributed by atoms with Gasteiger partial charge in [-0.25, -0.2) is 0 Å². The normalized spacial score (nSPS) is 10.3. The minimum atomic E-state index is -2.28. The molecule has 0 fully saturated rings. The van der Waals surface area contributed by atoms with E-state index in [1.807, 2.05) is 0 Å². The van der Waals surface area contributed by atoms with Gasteiger partial charge in [-0.05, 0) is 22.0 Å². The summed E-state index contributed by atoms with van der Waals surface area (Å²) in [6.07, 6.45) is -2.28. The zero-order valence-corrected chi connectivity index (χ0v) is 10.9. The molecule has 0 saturated heterocycles. The summed E-state index contributed by atoms with van der Waals surface area (Å²) in [6.45, 7) is 0. The lowest BCUT2D eigenvalue weighted by molar-refractivity contribution is -0.752. The summed E-state index contributed by atoms with van der Waals surface area (Å²) in [5, 5.41) is 32.1. The maximum Gasteiger partial charge on any atom is 0.476 e. The summed E-state index contributed by atoms with van der Waals surface area (Å²) in [7, 11) is 1.17. The molecule has 0 aliphatic heterocycles. The molecule has 0 radical (unpaired) electrons. The van der Waals surface area contributed by atoms with Gasteiger partial charge in [0, 0.05) is 6.07 Å². The number of methoxy groups -OCH3 is 1. The van der Waals surface area contributed by atoms with Gasteiger partial charge in [0.1, 0.15) is 15.4 Å². The van der Waals surface area contributed by atoms with Crippen LogP contribution in [0.2, 0.25) is 0 Å². The average Bonchev–Trinajstić information content (AvgIpc) is 2.26. The third kappa shape index (κ3) is 2.93. The van der Waals surface area contributed by atoms with Crippen molar-refractivity contribution < 1.29 is 19.5 Å². The van der Waals surface area contributed by atoms with Crippen molar-refractivity contribution in [1.29, 1.82) is 0 Å². The highest BCUT2D eigenvalue weighted by molar-refractivity contribution is 9.10. The summed E-state index contributed by atoms with van der Waals surface area (Å²) in [5.74, 6) is -0.167. The molecule has 0 saturated carbocycles. The van der Waals surface area contributed by atoms with Crippen molar-refractivity contribution in [3.05, 3.63) is 52.5 Å². The van der Waals surface area contributed by atoms with E-state index in [1.54, 1.807) is 0 Å². The van der Waals surface area contributed by atoms with Crippen molar-refractivity contribution in [2.75, 3.05) is 7.11 Å². The van der Waals surface area contributed by atoms with Crippen LogP contribution in [-0.2, 0) is 0 Å². The van der Waals surface area contributed by atoms with Gasteiger partial charge in [0.05, 0.1) is 16.5 Å². The molecule has 1 aromatic carbocycles. The molecule has 10 nitrogen and oxygen atoms in total. The Hall–Kier alpha value is -2.30. The third-order valence-electron chi connectivity index (χ3n) is 2.14. The molecular formula is C8H6BrN3O7. The smallest absolute Gasteiger partial charge is 0.476 e. The molecule has 1 rings (SSSR count). The largest absolute Gasteiger partial charge is 0.489 e. The second-order valence-electron chi connectivity index (χ2n) is 3.26. The standard InChI is InChI=1S/C8H6BrN3O7/c1-19-7-5(9)2-4(3-6(7)10(13)14)8(11(15)16)12(17)18/h2-3,8H,1H3. The molecule has 0 spiro atoms. The van der Waals surface area contributed by atoms with Crippen LogP contribution in [0.1, 0.15) is 11.7 Å². The molecule has 0 amide bonds. The lowest BCUT2D eigenvalue weighted by Crippen LogP contribution is -2.19. The Balaban J connectivity index is 3.50. The molecule has 11 heteroatoms. The van der Waals surface area contributed by atoms with E-state index >= 15 is 0 Å². The van der Waals surface area contributed by atoms with Gasteiger partial charge in [0.2, 0.25) is 5.75 Å². The maximum absolute atomic E-state index is 10.8. The Bertz CT molecular complexity index is 548. The molecule has 0 unspecified atom stereocenters. The van der Waals surface area contributed by atoms with Gasteiger partial charge < -0.3 is 4.74 Å². The second kappa shape index (κ2) is 5.56. The molecule has 0 N–H and O–H groups in total. The average molecular weight is 336 g/mol. The van der Waals surface area contributed by atoms with Crippen LogP contribution in [0.5, 0.6) is 5.75 Å². The quantitative estimate of drug-likeness (QED) is 0.454. The number of benzene rings is 1. The van der Waals surface area contributed by atoms with Crippen molar-refractivity contribution in [3.63, 3.8) is 0 Å². The minimum Gasteiger partial charge on any atom is -0.489 e. The van der Waals surface area contributed by atoms with Crippen LogP contribution < -0.4 is 4.74 Å². The van der Waals surface area contributed by atoms with Gasteiger partial charge in [-0.2, -0.15) is 0 Å². The fourth-order valence-corrected chi connectivity index (χ4v) is 2.04. The fourth-order valence-electron chi connectivity index (χ4n) is 1.41. The fraction of sp³-hybridized carbons (Fsp3) is 0.250. The number of nitro benzene ring substituents is 1. The monoisotopic (exact) mass is 335 g/mol.